The molecule has 2 rings (SSSR count). The number of anilines is 1. The van der Waals surface area contributed by atoms with Gasteiger partial charge < -0.3 is 25.2 Å². The number of hydrogen-bond acceptors (Lipinski definition) is 5. The summed E-state index contributed by atoms with van der Waals surface area (Å²) in [6.07, 6.45) is -0.693. The lowest BCUT2D eigenvalue weighted by Gasteiger charge is -2.35. The molecule has 130 valence electrons. The summed E-state index contributed by atoms with van der Waals surface area (Å²) < 4.78 is 5.70. The third-order valence-corrected chi connectivity index (χ3v) is 3.81. The van der Waals surface area contributed by atoms with Gasteiger partial charge in [-0.25, -0.2) is 0 Å². The lowest BCUT2D eigenvalue weighted by molar-refractivity contribution is -0.133. The van der Waals surface area contributed by atoms with E-state index in [4.69, 9.17) is 4.74 Å². The van der Waals surface area contributed by atoms with E-state index in [1.165, 1.54) is 11.9 Å². The largest absolute Gasteiger partial charge is 0.477 e. The SMILES string of the molecule is CNC(=O)CN(C)C(=O)CN1C[C@@H](C(=O)NC)Oc2ccccc21. The van der Waals surface area contributed by atoms with Crippen LogP contribution in [0.15, 0.2) is 24.3 Å². The van der Waals surface area contributed by atoms with Gasteiger partial charge in [0.25, 0.3) is 5.91 Å². The Morgan fingerprint density at radius 3 is 2.62 bits per heavy atom. The van der Waals surface area contributed by atoms with Gasteiger partial charge in [-0.3, -0.25) is 14.4 Å². The van der Waals surface area contributed by atoms with Crippen molar-refractivity contribution in [2.24, 2.45) is 0 Å². The Kier molecular flexibility index (Phi) is 5.62. The predicted octanol–water partition coefficient (Wildman–Crippen LogP) is -0.796. The Hall–Kier alpha value is -2.77. The zero-order valence-corrected chi connectivity index (χ0v) is 14.0. The van der Waals surface area contributed by atoms with Gasteiger partial charge in [-0.2, -0.15) is 0 Å². The van der Waals surface area contributed by atoms with Crippen molar-refractivity contribution in [3.8, 4) is 5.75 Å². The monoisotopic (exact) mass is 334 g/mol. The number of likely N-dealkylation sites (N-methyl/N-ethyl adjacent to an activating group) is 3. The van der Waals surface area contributed by atoms with E-state index in [1.807, 2.05) is 18.2 Å². The number of para-hydroxylation sites is 2. The summed E-state index contributed by atoms with van der Waals surface area (Å²) in [7, 11) is 4.63. The number of carbonyl (C=O) groups is 3. The fourth-order valence-corrected chi connectivity index (χ4v) is 2.42. The Morgan fingerprint density at radius 2 is 1.96 bits per heavy atom. The second-order valence-corrected chi connectivity index (χ2v) is 5.49. The van der Waals surface area contributed by atoms with Crippen LogP contribution in [-0.4, -0.2) is 69.5 Å². The lowest BCUT2D eigenvalue weighted by atomic mass is 10.1. The van der Waals surface area contributed by atoms with Crippen LogP contribution in [0.4, 0.5) is 5.69 Å². The minimum Gasteiger partial charge on any atom is -0.477 e. The Labute approximate surface area is 140 Å². The van der Waals surface area contributed by atoms with Gasteiger partial charge in [0, 0.05) is 21.1 Å². The molecule has 1 aromatic carbocycles. The summed E-state index contributed by atoms with van der Waals surface area (Å²) in [4.78, 5) is 38.8. The zero-order valence-electron chi connectivity index (χ0n) is 14.0. The third-order valence-electron chi connectivity index (χ3n) is 3.81. The van der Waals surface area contributed by atoms with Crippen LogP contribution in [0, 0.1) is 0 Å². The highest BCUT2D eigenvalue weighted by Gasteiger charge is 2.31. The van der Waals surface area contributed by atoms with Crippen LogP contribution in [0.5, 0.6) is 5.75 Å². The fraction of sp³-hybridized carbons (Fsp3) is 0.438. The van der Waals surface area contributed by atoms with Crippen LogP contribution in [0.1, 0.15) is 0 Å². The van der Waals surface area contributed by atoms with Crippen molar-refractivity contribution in [1.29, 1.82) is 0 Å². The van der Waals surface area contributed by atoms with E-state index in [0.29, 0.717) is 5.75 Å². The smallest absolute Gasteiger partial charge is 0.262 e. The zero-order chi connectivity index (χ0) is 17.7. The van der Waals surface area contributed by atoms with Crippen molar-refractivity contribution in [1.82, 2.24) is 15.5 Å². The normalized spacial score (nSPS) is 15.8. The molecule has 0 spiro atoms. The molecule has 24 heavy (non-hydrogen) atoms. The molecule has 0 fully saturated rings. The van der Waals surface area contributed by atoms with Crippen molar-refractivity contribution < 1.29 is 19.1 Å². The minimum absolute atomic E-state index is 0.0137. The van der Waals surface area contributed by atoms with Crippen LogP contribution in [0.3, 0.4) is 0 Å². The lowest BCUT2D eigenvalue weighted by Crippen LogP contribution is -2.51. The van der Waals surface area contributed by atoms with E-state index >= 15 is 0 Å². The van der Waals surface area contributed by atoms with Crippen molar-refractivity contribution in [2.45, 2.75) is 6.10 Å². The average Bonchev–Trinajstić information content (AvgIpc) is 2.60. The molecule has 1 heterocycles. The van der Waals surface area contributed by atoms with E-state index in [2.05, 4.69) is 10.6 Å². The van der Waals surface area contributed by atoms with Gasteiger partial charge in [0.05, 0.1) is 25.3 Å². The van der Waals surface area contributed by atoms with Crippen LogP contribution in [0.2, 0.25) is 0 Å². The number of carbonyl (C=O) groups excluding carboxylic acids is 3. The number of rotatable bonds is 5. The second-order valence-electron chi connectivity index (χ2n) is 5.49. The van der Waals surface area contributed by atoms with Crippen LogP contribution in [-0.2, 0) is 14.4 Å². The quantitative estimate of drug-likeness (QED) is 0.736. The Balaban J connectivity index is 2.14. The minimum atomic E-state index is -0.693. The van der Waals surface area contributed by atoms with E-state index in [-0.39, 0.29) is 37.4 Å². The number of nitrogens with one attached hydrogen (secondary N) is 2. The van der Waals surface area contributed by atoms with Gasteiger partial charge in [-0.05, 0) is 12.1 Å². The Morgan fingerprint density at radius 1 is 1.25 bits per heavy atom. The van der Waals surface area contributed by atoms with E-state index < -0.39 is 6.10 Å². The molecule has 0 aliphatic carbocycles. The van der Waals surface area contributed by atoms with Crippen molar-refractivity contribution in [2.75, 3.05) is 45.7 Å². The highest BCUT2D eigenvalue weighted by Crippen LogP contribution is 2.32. The van der Waals surface area contributed by atoms with Crippen LogP contribution < -0.4 is 20.3 Å². The summed E-state index contributed by atoms with van der Waals surface area (Å²) in [6, 6.07) is 7.24. The number of amides is 3. The molecule has 2 N–H and O–H groups in total. The summed E-state index contributed by atoms with van der Waals surface area (Å²) in [5, 5.41) is 5.04. The molecule has 0 saturated heterocycles. The average molecular weight is 334 g/mol. The number of fused-ring (bicyclic) bond motifs is 1. The molecule has 0 aromatic heterocycles. The molecule has 1 aliphatic rings. The molecule has 8 nitrogen and oxygen atoms in total. The maximum Gasteiger partial charge on any atom is 0.262 e. The summed E-state index contributed by atoms with van der Waals surface area (Å²) in [6.45, 7) is 0.303. The molecular formula is C16H22N4O4. The van der Waals surface area contributed by atoms with Gasteiger partial charge in [0.1, 0.15) is 5.75 Å². The molecule has 0 bridgehead atoms. The standard InChI is InChI=1S/C16H22N4O4/c1-17-14(21)9-19(3)15(22)10-20-8-13(16(23)18-2)24-12-7-5-4-6-11(12)20/h4-7,13H,8-10H2,1-3H3,(H,17,21)(H,18,23)/t13-/m0/s1. The third kappa shape index (κ3) is 3.95. The van der Waals surface area contributed by atoms with Crippen molar-refractivity contribution >= 4 is 23.4 Å². The number of ether oxygens (including phenoxy) is 1. The molecule has 0 unspecified atom stereocenters. The van der Waals surface area contributed by atoms with Gasteiger partial charge in [-0.1, -0.05) is 12.1 Å². The van der Waals surface area contributed by atoms with E-state index in [9.17, 15) is 14.4 Å². The second kappa shape index (κ2) is 7.67. The van der Waals surface area contributed by atoms with E-state index in [1.54, 1.807) is 25.1 Å². The van der Waals surface area contributed by atoms with Crippen molar-refractivity contribution in [3.63, 3.8) is 0 Å². The van der Waals surface area contributed by atoms with Gasteiger partial charge in [-0.15, -0.1) is 0 Å². The molecule has 8 heteroatoms. The number of hydrogen-bond donors (Lipinski definition) is 2. The first-order valence-corrected chi connectivity index (χ1v) is 7.63. The first-order valence-electron chi connectivity index (χ1n) is 7.63. The number of nitrogens with zero attached hydrogens (tertiary/aromatic N) is 2. The Bertz CT molecular complexity index is 634. The summed E-state index contributed by atoms with van der Waals surface area (Å²) in [5.74, 6) is -0.151. The maximum absolute atomic E-state index is 12.4. The highest BCUT2D eigenvalue weighted by molar-refractivity contribution is 5.88. The molecular weight excluding hydrogens is 312 g/mol. The van der Waals surface area contributed by atoms with Crippen LogP contribution >= 0.6 is 0 Å². The molecule has 0 saturated carbocycles. The van der Waals surface area contributed by atoms with E-state index in [0.717, 1.165) is 5.69 Å². The number of benzene rings is 1. The molecule has 1 aliphatic heterocycles. The summed E-state index contributed by atoms with van der Waals surface area (Å²) in [5.41, 5.74) is 0.749. The first-order chi connectivity index (χ1) is 11.5. The van der Waals surface area contributed by atoms with Gasteiger partial charge in [0.15, 0.2) is 6.10 Å². The van der Waals surface area contributed by atoms with Crippen LogP contribution in [0.25, 0.3) is 0 Å². The maximum atomic E-state index is 12.4. The molecule has 1 atom stereocenters. The fourth-order valence-electron chi connectivity index (χ4n) is 2.42. The van der Waals surface area contributed by atoms with Gasteiger partial charge >= 0.3 is 0 Å². The summed E-state index contributed by atoms with van der Waals surface area (Å²) >= 11 is 0. The van der Waals surface area contributed by atoms with Crippen molar-refractivity contribution in [3.05, 3.63) is 24.3 Å². The molecule has 1 aromatic rings. The molecule has 0 radical (unpaired) electrons. The topological polar surface area (TPSA) is 91.0 Å². The molecule has 3 amide bonds. The first kappa shape index (κ1) is 17.6. The van der Waals surface area contributed by atoms with Gasteiger partial charge in [0.2, 0.25) is 11.8 Å². The highest BCUT2D eigenvalue weighted by atomic mass is 16.5. The predicted molar refractivity (Wildman–Crippen MR) is 88.8 cm³/mol.